The molecule has 3 fully saturated rings. The lowest BCUT2D eigenvalue weighted by atomic mass is 10.0. The van der Waals surface area contributed by atoms with Crippen molar-refractivity contribution in [1.29, 1.82) is 0 Å². The highest BCUT2D eigenvalue weighted by atomic mass is 32.1. The normalized spacial score (nSPS) is 25.1. The Labute approximate surface area is 145 Å². The molecule has 4 rings (SSSR count). The van der Waals surface area contributed by atoms with Gasteiger partial charge in [0.05, 0.1) is 11.2 Å². The lowest BCUT2D eigenvalue weighted by Crippen LogP contribution is -2.53. The number of carbonyl (C=O) groups is 2. The Bertz CT molecular complexity index is 672. The maximum atomic E-state index is 12.7. The first-order valence-corrected chi connectivity index (χ1v) is 9.45. The largest absolute Gasteiger partial charge is 0.340 e. The van der Waals surface area contributed by atoms with Gasteiger partial charge in [0.15, 0.2) is 0 Å². The number of rotatable bonds is 3. The fraction of sp³-hybridized carbons (Fsp3) is 0.706. The Balaban J connectivity index is 1.38. The highest BCUT2D eigenvalue weighted by Crippen LogP contribution is 2.36. The predicted octanol–water partition coefficient (Wildman–Crippen LogP) is 1.95. The van der Waals surface area contributed by atoms with Gasteiger partial charge in [0.2, 0.25) is 0 Å². The Morgan fingerprint density at radius 3 is 2.71 bits per heavy atom. The summed E-state index contributed by atoms with van der Waals surface area (Å²) in [5, 5.41) is 4.05. The van der Waals surface area contributed by atoms with E-state index >= 15 is 0 Å². The molecule has 1 N–H and O–H groups in total. The van der Waals surface area contributed by atoms with Gasteiger partial charge in [0.25, 0.3) is 11.8 Å². The third-order valence-corrected chi connectivity index (χ3v) is 6.13. The van der Waals surface area contributed by atoms with Crippen molar-refractivity contribution in [2.75, 3.05) is 13.1 Å². The number of carbonyl (C=O) groups excluding carboxylic acids is 2. The second-order valence-corrected chi connectivity index (χ2v) is 8.73. The molecule has 1 aromatic rings. The highest BCUT2D eigenvalue weighted by Gasteiger charge is 2.51. The first kappa shape index (κ1) is 16.0. The lowest BCUT2D eigenvalue weighted by molar-refractivity contribution is -0.138. The van der Waals surface area contributed by atoms with Gasteiger partial charge in [-0.25, -0.2) is 4.98 Å². The van der Waals surface area contributed by atoms with Gasteiger partial charge in [0, 0.05) is 32.4 Å². The third kappa shape index (κ3) is 2.95. The summed E-state index contributed by atoms with van der Waals surface area (Å²) in [6.45, 7) is 4.75. The molecule has 1 aromatic heterocycles. The van der Waals surface area contributed by atoms with Gasteiger partial charge < -0.3 is 15.0 Å². The Hall–Kier alpha value is -1.47. The lowest BCUT2D eigenvalue weighted by Gasteiger charge is -2.38. The van der Waals surface area contributed by atoms with E-state index in [2.05, 4.69) is 10.3 Å². The molecular weight excluding hydrogens is 326 g/mol. The van der Waals surface area contributed by atoms with E-state index in [-0.39, 0.29) is 11.8 Å². The zero-order valence-electron chi connectivity index (χ0n) is 14.1. The summed E-state index contributed by atoms with van der Waals surface area (Å²) in [6, 6.07) is 0. The second kappa shape index (κ2) is 5.52. The van der Waals surface area contributed by atoms with Gasteiger partial charge in [-0.05, 0) is 32.6 Å². The number of thiazole rings is 1. The van der Waals surface area contributed by atoms with Crippen molar-refractivity contribution in [2.45, 2.75) is 57.3 Å². The van der Waals surface area contributed by atoms with Crippen molar-refractivity contribution in [3.63, 3.8) is 0 Å². The first-order valence-electron chi connectivity index (χ1n) is 8.64. The summed E-state index contributed by atoms with van der Waals surface area (Å²) in [5.74, 6) is 0.753. The number of piperidine rings is 1. The van der Waals surface area contributed by atoms with Crippen molar-refractivity contribution < 1.29 is 14.3 Å². The van der Waals surface area contributed by atoms with Crippen LogP contribution in [0.3, 0.4) is 0 Å². The maximum absolute atomic E-state index is 12.7. The minimum atomic E-state index is -0.790. The van der Waals surface area contributed by atoms with E-state index in [1.54, 1.807) is 20.0 Å². The van der Waals surface area contributed by atoms with Crippen molar-refractivity contribution >= 4 is 23.2 Å². The second-order valence-electron chi connectivity index (χ2n) is 7.62. The summed E-state index contributed by atoms with van der Waals surface area (Å²) >= 11 is 1.52. The Morgan fingerprint density at radius 1 is 1.42 bits per heavy atom. The van der Waals surface area contributed by atoms with E-state index < -0.39 is 11.3 Å². The molecule has 0 atom stereocenters. The van der Waals surface area contributed by atoms with Crippen LogP contribution in [0.15, 0.2) is 6.20 Å². The average Bonchev–Trinajstić information content (AvgIpc) is 3.16. The van der Waals surface area contributed by atoms with Gasteiger partial charge >= 0.3 is 0 Å². The number of likely N-dealkylation sites (tertiary alicyclic amines) is 1. The molecule has 130 valence electrons. The van der Waals surface area contributed by atoms with Crippen LogP contribution in [0.1, 0.15) is 54.2 Å². The van der Waals surface area contributed by atoms with E-state index in [1.807, 2.05) is 4.90 Å². The minimum Gasteiger partial charge on any atom is -0.340 e. The summed E-state index contributed by atoms with van der Waals surface area (Å²) < 4.78 is 5.97. The molecule has 3 heterocycles. The van der Waals surface area contributed by atoms with Crippen LogP contribution in [0.25, 0.3) is 0 Å². The topological polar surface area (TPSA) is 71.5 Å². The molecule has 0 bridgehead atoms. The molecule has 0 aromatic carbocycles. The molecule has 0 radical (unpaired) electrons. The van der Waals surface area contributed by atoms with Gasteiger partial charge in [0.1, 0.15) is 16.2 Å². The van der Waals surface area contributed by atoms with Gasteiger partial charge in [-0.2, -0.15) is 0 Å². The van der Waals surface area contributed by atoms with Gasteiger partial charge in [-0.1, -0.05) is 0 Å². The highest BCUT2D eigenvalue weighted by molar-refractivity contribution is 7.13. The third-order valence-electron chi connectivity index (χ3n) is 5.12. The van der Waals surface area contributed by atoms with E-state index in [9.17, 15) is 9.59 Å². The van der Waals surface area contributed by atoms with Crippen molar-refractivity contribution in [3.8, 4) is 0 Å². The molecule has 6 nitrogen and oxygen atoms in total. The van der Waals surface area contributed by atoms with Crippen LogP contribution in [0.2, 0.25) is 0 Å². The van der Waals surface area contributed by atoms with Crippen LogP contribution in [0.4, 0.5) is 0 Å². The quantitative estimate of drug-likeness (QED) is 0.905. The molecule has 2 amide bonds. The fourth-order valence-corrected chi connectivity index (χ4v) is 4.44. The average molecular weight is 349 g/mol. The minimum absolute atomic E-state index is 0.0491. The van der Waals surface area contributed by atoms with E-state index in [0.717, 1.165) is 22.2 Å². The van der Waals surface area contributed by atoms with Crippen LogP contribution in [0, 0.1) is 5.92 Å². The molecule has 2 aliphatic heterocycles. The summed E-state index contributed by atoms with van der Waals surface area (Å²) in [4.78, 5) is 31.6. The molecule has 1 spiro atoms. The maximum Gasteiger partial charge on any atom is 0.265 e. The van der Waals surface area contributed by atoms with Gasteiger partial charge in [-0.15, -0.1) is 11.3 Å². The zero-order valence-corrected chi connectivity index (χ0v) is 14.9. The van der Waals surface area contributed by atoms with E-state index in [0.29, 0.717) is 25.9 Å². The molecule has 7 heteroatoms. The molecule has 2 saturated heterocycles. The van der Waals surface area contributed by atoms with Crippen LogP contribution < -0.4 is 5.32 Å². The van der Waals surface area contributed by atoms with E-state index in [4.69, 9.17) is 4.74 Å². The number of nitrogens with one attached hydrogen (secondary N) is 1. The number of nitrogens with zero attached hydrogens (tertiary/aromatic N) is 2. The molecule has 1 saturated carbocycles. The van der Waals surface area contributed by atoms with Crippen molar-refractivity contribution in [3.05, 3.63) is 16.1 Å². The van der Waals surface area contributed by atoms with Crippen LogP contribution in [0.5, 0.6) is 0 Å². The van der Waals surface area contributed by atoms with E-state index in [1.165, 1.54) is 24.2 Å². The SMILES string of the molecule is CC1(C)OC2(CCN(C(=O)c3cnc(CC4CC4)s3)CC2)NC1=O. The summed E-state index contributed by atoms with van der Waals surface area (Å²) in [6.07, 6.45) is 6.56. The first-order chi connectivity index (χ1) is 11.4. The van der Waals surface area contributed by atoms with Crippen LogP contribution in [-0.2, 0) is 16.0 Å². The fourth-order valence-electron chi connectivity index (χ4n) is 3.44. The molecule has 24 heavy (non-hydrogen) atoms. The number of hydrogen-bond acceptors (Lipinski definition) is 5. The number of amides is 2. The molecule has 1 aliphatic carbocycles. The van der Waals surface area contributed by atoms with Gasteiger partial charge in [-0.3, -0.25) is 9.59 Å². The van der Waals surface area contributed by atoms with Crippen molar-refractivity contribution in [1.82, 2.24) is 15.2 Å². The number of hydrogen-bond donors (Lipinski definition) is 1. The number of aromatic nitrogens is 1. The molecule has 3 aliphatic rings. The zero-order chi connectivity index (χ0) is 16.9. The van der Waals surface area contributed by atoms with Crippen LogP contribution >= 0.6 is 11.3 Å². The standard InChI is InChI=1S/C17H23N3O3S/c1-16(2)15(22)19-17(23-16)5-7-20(8-6-17)14(21)12-10-18-13(24-12)9-11-3-4-11/h10-11H,3-9H2,1-2H3,(H,19,22). The Kier molecular flexibility index (Phi) is 3.69. The smallest absolute Gasteiger partial charge is 0.265 e. The predicted molar refractivity (Wildman–Crippen MR) is 89.7 cm³/mol. The summed E-state index contributed by atoms with van der Waals surface area (Å²) in [5.41, 5.74) is -1.40. The monoisotopic (exact) mass is 349 g/mol. The molecular formula is C17H23N3O3S. The summed E-state index contributed by atoms with van der Waals surface area (Å²) in [7, 11) is 0. The van der Waals surface area contributed by atoms with Crippen LogP contribution in [-0.4, -0.2) is 46.1 Å². The molecule has 0 unspecified atom stereocenters. The number of ether oxygens (including phenoxy) is 1. The Morgan fingerprint density at radius 2 is 2.12 bits per heavy atom. The van der Waals surface area contributed by atoms with Crippen molar-refractivity contribution in [2.24, 2.45) is 5.92 Å².